The molecule has 124 valence electrons. The van der Waals surface area contributed by atoms with Crippen LogP contribution in [0.1, 0.15) is 12.0 Å². The van der Waals surface area contributed by atoms with E-state index in [0.717, 1.165) is 22.2 Å². The molecule has 1 aliphatic rings. The van der Waals surface area contributed by atoms with Gasteiger partial charge in [-0.25, -0.2) is 14.4 Å². The lowest BCUT2D eigenvalue weighted by atomic mass is 10.2. The Morgan fingerprint density at radius 1 is 1.38 bits per heavy atom. The van der Waals surface area contributed by atoms with Crippen molar-refractivity contribution in [3.05, 3.63) is 41.3 Å². The standard InChI is InChI=1S/C17H16FN3O2S/c1-10-8-24-17-14(10)16(19-9-20-17)21-13-4-2-3-12(18)15(13)23-11-5-6-22-7-11/h2-4,8-9,11H,5-7H2,1H3,(H,19,20,21). The number of ether oxygens (including phenoxy) is 2. The Morgan fingerprint density at radius 3 is 3.12 bits per heavy atom. The van der Waals surface area contributed by atoms with E-state index in [1.165, 1.54) is 12.4 Å². The number of fused-ring (bicyclic) bond motifs is 1. The third kappa shape index (κ3) is 2.81. The van der Waals surface area contributed by atoms with E-state index in [-0.39, 0.29) is 11.9 Å². The van der Waals surface area contributed by atoms with Crippen LogP contribution >= 0.6 is 11.3 Å². The van der Waals surface area contributed by atoms with Gasteiger partial charge >= 0.3 is 0 Å². The third-order valence-electron chi connectivity index (χ3n) is 3.95. The van der Waals surface area contributed by atoms with E-state index in [2.05, 4.69) is 15.3 Å². The normalized spacial score (nSPS) is 17.3. The summed E-state index contributed by atoms with van der Waals surface area (Å²) in [5, 5.41) is 6.18. The largest absolute Gasteiger partial charge is 0.483 e. The van der Waals surface area contributed by atoms with Crippen molar-refractivity contribution in [1.82, 2.24) is 9.97 Å². The Balaban J connectivity index is 1.71. The minimum atomic E-state index is -0.403. The van der Waals surface area contributed by atoms with E-state index < -0.39 is 5.82 Å². The Labute approximate surface area is 142 Å². The number of aromatic nitrogens is 2. The zero-order valence-electron chi connectivity index (χ0n) is 13.1. The summed E-state index contributed by atoms with van der Waals surface area (Å²) in [5.41, 5.74) is 1.63. The first-order chi connectivity index (χ1) is 11.7. The molecule has 24 heavy (non-hydrogen) atoms. The van der Waals surface area contributed by atoms with Gasteiger partial charge in [0.2, 0.25) is 0 Å². The molecule has 1 saturated heterocycles. The van der Waals surface area contributed by atoms with Crippen molar-refractivity contribution in [2.75, 3.05) is 18.5 Å². The highest BCUT2D eigenvalue weighted by Crippen LogP contribution is 2.35. The fourth-order valence-corrected chi connectivity index (χ4v) is 3.63. The highest BCUT2D eigenvalue weighted by atomic mass is 32.1. The molecule has 5 nitrogen and oxygen atoms in total. The lowest BCUT2D eigenvalue weighted by Gasteiger charge is -2.17. The van der Waals surface area contributed by atoms with Crippen molar-refractivity contribution >= 4 is 33.1 Å². The van der Waals surface area contributed by atoms with Crippen molar-refractivity contribution in [3.8, 4) is 5.75 Å². The number of aryl methyl sites for hydroxylation is 1. The van der Waals surface area contributed by atoms with Gasteiger partial charge in [-0.2, -0.15) is 0 Å². The third-order valence-corrected chi connectivity index (χ3v) is 4.95. The Bertz CT molecular complexity index is 877. The molecule has 3 heterocycles. The first kappa shape index (κ1) is 15.3. The molecule has 1 aliphatic heterocycles. The number of rotatable bonds is 4. The van der Waals surface area contributed by atoms with E-state index in [4.69, 9.17) is 9.47 Å². The highest BCUT2D eigenvalue weighted by molar-refractivity contribution is 7.17. The van der Waals surface area contributed by atoms with Crippen LogP contribution in [0.25, 0.3) is 10.2 Å². The topological polar surface area (TPSA) is 56.3 Å². The van der Waals surface area contributed by atoms with Crippen LogP contribution in [0, 0.1) is 12.7 Å². The van der Waals surface area contributed by atoms with E-state index in [1.54, 1.807) is 23.5 Å². The predicted octanol–water partition coefficient (Wildman–Crippen LogP) is 4.05. The quantitative estimate of drug-likeness (QED) is 0.773. The second kappa shape index (κ2) is 6.33. The van der Waals surface area contributed by atoms with Crippen LogP contribution in [0.3, 0.4) is 0 Å². The van der Waals surface area contributed by atoms with Crippen molar-refractivity contribution in [2.24, 2.45) is 0 Å². The van der Waals surface area contributed by atoms with Crippen molar-refractivity contribution < 1.29 is 13.9 Å². The molecule has 0 amide bonds. The molecular weight excluding hydrogens is 329 g/mol. The molecule has 1 unspecified atom stereocenters. The molecule has 1 fully saturated rings. The number of hydrogen-bond acceptors (Lipinski definition) is 6. The first-order valence-electron chi connectivity index (χ1n) is 7.71. The minimum Gasteiger partial charge on any atom is -0.483 e. The highest BCUT2D eigenvalue weighted by Gasteiger charge is 2.21. The molecular formula is C17H16FN3O2S. The molecule has 4 rings (SSSR count). The molecule has 0 spiro atoms. The smallest absolute Gasteiger partial charge is 0.178 e. The Kier molecular flexibility index (Phi) is 4.03. The fraction of sp³-hybridized carbons (Fsp3) is 0.294. The molecule has 1 N–H and O–H groups in total. The molecule has 7 heteroatoms. The van der Waals surface area contributed by atoms with Crippen LogP contribution in [-0.4, -0.2) is 29.3 Å². The van der Waals surface area contributed by atoms with Crippen LogP contribution in [0.5, 0.6) is 5.75 Å². The summed E-state index contributed by atoms with van der Waals surface area (Å²) in [6.45, 7) is 3.13. The van der Waals surface area contributed by atoms with Gasteiger partial charge in [-0.15, -0.1) is 11.3 Å². The minimum absolute atomic E-state index is 0.129. The molecule has 2 aromatic heterocycles. The van der Waals surface area contributed by atoms with Crippen molar-refractivity contribution in [3.63, 3.8) is 0 Å². The zero-order valence-corrected chi connectivity index (χ0v) is 13.9. The monoisotopic (exact) mass is 345 g/mol. The average molecular weight is 345 g/mol. The molecule has 0 aliphatic carbocycles. The summed E-state index contributed by atoms with van der Waals surface area (Å²) in [6.07, 6.45) is 2.14. The van der Waals surface area contributed by atoms with E-state index in [1.807, 2.05) is 12.3 Å². The van der Waals surface area contributed by atoms with Gasteiger partial charge in [-0.05, 0) is 30.0 Å². The number of anilines is 2. The first-order valence-corrected chi connectivity index (χ1v) is 8.59. The van der Waals surface area contributed by atoms with E-state index >= 15 is 0 Å². The summed E-state index contributed by atoms with van der Waals surface area (Å²) < 4.78 is 25.4. The molecule has 3 aromatic rings. The molecule has 1 aromatic carbocycles. The van der Waals surface area contributed by atoms with Crippen LogP contribution in [0.15, 0.2) is 29.9 Å². The van der Waals surface area contributed by atoms with Gasteiger partial charge in [-0.1, -0.05) is 6.07 Å². The van der Waals surface area contributed by atoms with Crippen molar-refractivity contribution in [2.45, 2.75) is 19.4 Å². The number of hydrogen-bond donors (Lipinski definition) is 1. The predicted molar refractivity (Wildman–Crippen MR) is 91.7 cm³/mol. The Hall–Kier alpha value is -2.25. The van der Waals surface area contributed by atoms with E-state index in [0.29, 0.717) is 24.7 Å². The van der Waals surface area contributed by atoms with Crippen LogP contribution in [0.4, 0.5) is 15.9 Å². The maximum atomic E-state index is 14.3. The SMILES string of the molecule is Cc1csc2ncnc(Nc3cccc(F)c3OC3CCOC3)c12. The van der Waals surface area contributed by atoms with Crippen LogP contribution < -0.4 is 10.1 Å². The van der Waals surface area contributed by atoms with Gasteiger partial charge in [-0.3, -0.25) is 0 Å². The average Bonchev–Trinajstić information content (AvgIpc) is 3.21. The van der Waals surface area contributed by atoms with Gasteiger partial charge in [0.25, 0.3) is 0 Å². The number of benzene rings is 1. The summed E-state index contributed by atoms with van der Waals surface area (Å²) in [5.74, 6) is 0.448. The summed E-state index contributed by atoms with van der Waals surface area (Å²) in [6, 6.07) is 4.82. The zero-order chi connectivity index (χ0) is 16.5. The van der Waals surface area contributed by atoms with Crippen LogP contribution in [-0.2, 0) is 4.74 Å². The van der Waals surface area contributed by atoms with Gasteiger partial charge in [0.1, 0.15) is 23.1 Å². The number of halogens is 1. The number of para-hydroxylation sites is 1. The molecule has 0 bridgehead atoms. The van der Waals surface area contributed by atoms with Gasteiger partial charge in [0.15, 0.2) is 11.6 Å². The van der Waals surface area contributed by atoms with Gasteiger partial charge < -0.3 is 14.8 Å². The van der Waals surface area contributed by atoms with E-state index in [9.17, 15) is 4.39 Å². The molecule has 0 saturated carbocycles. The van der Waals surface area contributed by atoms with Crippen LogP contribution in [0.2, 0.25) is 0 Å². The Morgan fingerprint density at radius 2 is 2.29 bits per heavy atom. The van der Waals surface area contributed by atoms with Gasteiger partial charge in [0.05, 0.1) is 24.3 Å². The number of thiophene rings is 1. The maximum absolute atomic E-state index is 14.3. The maximum Gasteiger partial charge on any atom is 0.178 e. The van der Waals surface area contributed by atoms with Gasteiger partial charge in [0, 0.05) is 6.42 Å². The van der Waals surface area contributed by atoms with Crippen molar-refractivity contribution in [1.29, 1.82) is 0 Å². The molecule has 1 atom stereocenters. The number of nitrogens with one attached hydrogen (secondary N) is 1. The second-order valence-corrected chi connectivity index (χ2v) is 6.52. The lowest BCUT2D eigenvalue weighted by molar-refractivity contribution is 0.138. The fourth-order valence-electron chi connectivity index (χ4n) is 2.74. The second-order valence-electron chi connectivity index (χ2n) is 5.67. The molecule has 0 radical (unpaired) electrons. The lowest BCUT2D eigenvalue weighted by Crippen LogP contribution is -2.17. The number of nitrogens with zero attached hydrogens (tertiary/aromatic N) is 2. The summed E-state index contributed by atoms with van der Waals surface area (Å²) in [7, 11) is 0. The summed E-state index contributed by atoms with van der Waals surface area (Å²) in [4.78, 5) is 9.49. The summed E-state index contributed by atoms with van der Waals surface area (Å²) >= 11 is 1.56.